The van der Waals surface area contributed by atoms with Crippen LogP contribution in [0.25, 0.3) is 10.8 Å². The molecule has 0 aliphatic carbocycles. The first kappa shape index (κ1) is 23.1. The first-order chi connectivity index (χ1) is 15.8. The summed E-state index contributed by atoms with van der Waals surface area (Å²) in [5.74, 6) is -1.47. The van der Waals surface area contributed by atoms with Gasteiger partial charge in [0.2, 0.25) is 10.0 Å². The fraction of sp³-hybridized carbons (Fsp3) is 0.333. The van der Waals surface area contributed by atoms with E-state index in [1.807, 2.05) is 0 Å². The molecule has 2 N–H and O–H groups in total. The second-order valence-electron chi connectivity index (χ2n) is 7.50. The van der Waals surface area contributed by atoms with Gasteiger partial charge in [0.05, 0.1) is 5.39 Å². The van der Waals surface area contributed by atoms with Crippen molar-refractivity contribution in [1.82, 2.24) is 24.9 Å². The molecule has 0 saturated carbocycles. The van der Waals surface area contributed by atoms with E-state index in [2.05, 4.69) is 16.0 Å². The Kier molecular flexibility index (Phi) is 6.58. The summed E-state index contributed by atoms with van der Waals surface area (Å²) < 4.78 is 28.6. The third kappa shape index (κ3) is 4.41. The molecule has 10 nitrogen and oxygen atoms in total. The first-order valence-corrected chi connectivity index (χ1v) is 12.8. The minimum Gasteiger partial charge on any atom is -0.267 e. The van der Waals surface area contributed by atoms with E-state index in [9.17, 15) is 22.8 Å². The molecule has 0 radical (unpaired) electrons. The maximum atomic E-state index is 13.0. The molecule has 1 saturated heterocycles. The van der Waals surface area contributed by atoms with E-state index in [1.165, 1.54) is 20.4 Å². The van der Waals surface area contributed by atoms with Gasteiger partial charge in [-0.3, -0.25) is 25.2 Å². The van der Waals surface area contributed by atoms with Crippen LogP contribution < -0.4 is 16.4 Å². The number of nitrogens with one attached hydrogen (secondary N) is 2. The van der Waals surface area contributed by atoms with Crippen molar-refractivity contribution in [3.63, 3.8) is 0 Å². The molecular formula is C21H23N5O5S2. The highest BCUT2D eigenvalue weighted by Crippen LogP contribution is 2.27. The van der Waals surface area contributed by atoms with E-state index < -0.39 is 21.8 Å². The molecule has 4 rings (SSSR count). The maximum Gasteiger partial charge on any atom is 0.290 e. The molecule has 3 heterocycles. The highest BCUT2D eigenvalue weighted by Gasteiger charge is 2.31. The Labute approximate surface area is 194 Å². The normalized spacial score (nSPS) is 14.8. The molecule has 174 valence electrons. The lowest BCUT2D eigenvalue weighted by Crippen LogP contribution is -2.43. The third-order valence-electron chi connectivity index (χ3n) is 5.44. The average molecular weight is 490 g/mol. The summed E-state index contributed by atoms with van der Waals surface area (Å²) in [4.78, 5) is 37.9. The molecule has 1 aromatic carbocycles. The second-order valence-corrected chi connectivity index (χ2v) is 10.3. The Morgan fingerprint density at radius 2 is 1.70 bits per heavy atom. The van der Waals surface area contributed by atoms with Crippen molar-refractivity contribution in [2.75, 3.05) is 13.1 Å². The molecule has 3 aromatic rings. The van der Waals surface area contributed by atoms with Gasteiger partial charge in [-0.25, -0.2) is 13.1 Å². The van der Waals surface area contributed by atoms with Crippen molar-refractivity contribution in [2.45, 2.75) is 37.6 Å². The number of rotatable bonds is 5. The molecular weight excluding hydrogens is 466 g/mol. The van der Waals surface area contributed by atoms with E-state index in [0.717, 1.165) is 30.6 Å². The Morgan fingerprint density at radius 1 is 1.03 bits per heavy atom. The molecule has 12 heteroatoms. The van der Waals surface area contributed by atoms with Crippen molar-refractivity contribution >= 4 is 43.9 Å². The largest absolute Gasteiger partial charge is 0.290 e. The van der Waals surface area contributed by atoms with Gasteiger partial charge in [-0.05, 0) is 37.3 Å². The highest BCUT2D eigenvalue weighted by atomic mass is 32.2. The van der Waals surface area contributed by atoms with Crippen molar-refractivity contribution < 1.29 is 18.0 Å². The van der Waals surface area contributed by atoms with Crippen molar-refractivity contribution in [3.05, 3.63) is 56.6 Å². The summed E-state index contributed by atoms with van der Waals surface area (Å²) in [6.07, 6.45) is 2.53. The predicted octanol–water partition coefficient (Wildman–Crippen LogP) is 1.73. The van der Waals surface area contributed by atoms with Crippen LogP contribution in [0, 0.1) is 0 Å². The van der Waals surface area contributed by atoms with E-state index in [-0.39, 0.29) is 27.6 Å². The monoisotopic (exact) mass is 489 g/mol. The van der Waals surface area contributed by atoms with Gasteiger partial charge >= 0.3 is 0 Å². The number of thiophene rings is 1. The summed E-state index contributed by atoms with van der Waals surface area (Å²) >= 11 is 0.976. The van der Waals surface area contributed by atoms with Crippen molar-refractivity contribution in [2.24, 2.45) is 0 Å². The number of carbonyl (C=O) groups excluding carboxylic acids is 2. The molecule has 0 atom stereocenters. The third-order valence-corrected chi connectivity index (χ3v) is 8.42. The molecule has 1 aliphatic rings. The zero-order valence-corrected chi connectivity index (χ0v) is 19.5. The lowest BCUT2D eigenvalue weighted by atomic mass is 10.1. The number of carbonyl (C=O) groups is 2. The molecule has 33 heavy (non-hydrogen) atoms. The van der Waals surface area contributed by atoms with Crippen LogP contribution in [0.2, 0.25) is 0 Å². The molecule has 0 spiro atoms. The number of nitrogens with zero attached hydrogens (tertiary/aromatic N) is 3. The van der Waals surface area contributed by atoms with Crippen LogP contribution in [0.5, 0.6) is 0 Å². The molecule has 0 bridgehead atoms. The summed E-state index contributed by atoms with van der Waals surface area (Å²) in [6.45, 7) is 2.83. The standard InChI is InChI=1S/C21H23N5O5S2/c1-2-26-21(29)15-9-5-4-8-14(15)17(24-26)19(27)22-23-20(28)18-16(10-13-32-18)33(30,31)25-11-6-3-7-12-25/h4-5,8-10,13H,2-3,6-7,11-12H2,1H3,(H,22,27)(H,23,28). The number of piperidine rings is 1. The van der Waals surface area contributed by atoms with Crippen LogP contribution in [0.1, 0.15) is 46.3 Å². The van der Waals surface area contributed by atoms with E-state index in [0.29, 0.717) is 23.9 Å². The number of hydrazine groups is 1. The summed E-state index contributed by atoms with van der Waals surface area (Å²) in [6, 6.07) is 7.97. The minimum absolute atomic E-state index is 0.0165. The number of aromatic nitrogens is 2. The first-order valence-electron chi connectivity index (χ1n) is 10.5. The number of sulfonamides is 1. The number of amides is 2. The summed E-state index contributed by atoms with van der Waals surface area (Å²) in [7, 11) is -3.81. The average Bonchev–Trinajstić information content (AvgIpc) is 3.34. The van der Waals surface area contributed by atoms with Crippen LogP contribution in [-0.4, -0.2) is 47.4 Å². The van der Waals surface area contributed by atoms with Crippen LogP contribution in [0.4, 0.5) is 0 Å². The van der Waals surface area contributed by atoms with Gasteiger partial charge in [-0.15, -0.1) is 11.3 Å². The molecule has 0 unspecified atom stereocenters. The Morgan fingerprint density at radius 3 is 2.39 bits per heavy atom. The summed E-state index contributed by atoms with van der Waals surface area (Å²) in [5.41, 5.74) is 4.22. The molecule has 1 aliphatic heterocycles. The Bertz CT molecular complexity index is 1370. The van der Waals surface area contributed by atoms with Crippen molar-refractivity contribution in [1.29, 1.82) is 0 Å². The maximum absolute atomic E-state index is 13.0. The molecule has 1 fully saturated rings. The van der Waals surface area contributed by atoms with Crippen LogP contribution in [0.3, 0.4) is 0 Å². The van der Waals surface area contributed by atoms with Gasteiger partial charge in [0, 0.05) is 25.0 Å². The number of benzene rings is 1. The van der Waals surface area contributed by atoms with Crippen LogP contribution >= 0.6 is 11.3 Å². The lowest BCUT2D eigenvalue weighted by Gasteiger charge is -2.25. The topological polar surface area (TPSA) is 130 Å². The fourth-order valence-corrected chi connectivity index (χ4v) is 6.57. The number of hydrogen-bond acceptors (Lipinski definition) is 7. The smallest absolute Gasteiger partial charge is 0.267 e. The predicted molar refractivity (Wildman–Crippen MR) is 124 cm³/mol. The number of hydrogen-bond donors (Lipinski definition) is 2. The fourth-order valence-electron chi connectivity index (χ4n) is 3.76. The minimum atomic E-state index is -3.81. The van der Waals surface area contributed by atoms with Gasteiger partial charge in [-0.2, -0.15) is 9.40 Å². The summed E-state index contributed by atoms with van der Waals surface area (Å²) in [5, 5.41) is 6.33. The Balaban J connectivity index is 1.55. The van der Waals surface area contributed by atoms with E-state index >= 15 is 0 Å². The SMILES string of the molecule is CCn1nc(C(=O)NNC(=O)c2sccc2S(=O)(=O)N2CCCCC2)c2ccccc2c1=O. The lowest BCUT2D eigenvalue weighted by molar-refractivity contribution is 0.0844. The van der Waals surface area contributed by atoms with Gasteiger partial charge in [0.15, 0.2) is 5.69 Å². The van der Waals surface area contributed by atoms with Gasteiger partial charge in [-0.1, -0.05) is 24.6 Å². The van der Waals surface area contributed by atoms with Crippen LogP contribution in [0.15, 0.2) is 45.4 Å². The van der Waals surface area contributed by atoms with Gasteiger partial charge < -0.3 is 0 Å². The quantitative estimate of drug-likeness (QED) is 0.525. The van der Waals surface area contributed by atoms with E-state index in [4.69, 9.17) is 0 Å². The second kappa shape index (κ2) is 9.41. The Hall–Kier alpha value is -3.09. The van der Waals surface area contributed by atoms with Crippen LogP contribution in [-0.2, 0) is 16.6 Å². The molecule has 2 aromatic heterocycles. The zero-order valence-electron chi connectivity index (χ0n) is 17.9. The number of aryl methyl sites for hydroxylation is 1. The van der Waals surface area contributed by atoms with Gasteiger partial charge in [0.25, 0.3) is 17.4 Å². The van der Waals surface area contributed by atoms with E-state index in [1.54, 1.807) is 31.2 Å². The zero-order chi connectivity index (χ0) is 23.6. The van der Waals surface area contributed by atoms with Crippen molar-refractivity contribution in [3.8, 4) is 0 Å². The highest BCUT2D eigenvalue weighted by molar-refractivity contribution is 7.89. The molecule has 2 amide bonds. The number of fused-ring (bicyclic) bond motifs is 1. The van der Waals surface area contributed by atoms with Gasteiger partial charge in [0.1, 0.15) is 9.77 Å².